The lowest BCUT2D eigenvalue weighted by Crippen LogP contribution is -2.05. The van der Waals surface area contributed by atoms with Crippen molar-refractivity contribution >= 4 is 17.3 Å². The number of ether oxygens (including phenoxy) is 1. The maximum absolute atomic E-state index is 5.86. The molecule has 1 aromatic heterocycles. The minimum Gasteiger partial charge on any atom is -0.476 e. The molecule has 0 atom stereocenters. The highest BCUT2D eigenvalue weighted by Crippen LogP contribution is 2.19. The molecule has 2 N–H and O–H groups in total. The summed E-state index contributed by atoms with van der Waals surface area (Å²) in [6.07, 6.45) is 3.62. The zero-order chi connectivity index (χ0) is 12.1. The van der Waals surface area contributed by atoms with Crippen LogP contribution in [0.3, 0.4) is 0 Å². The molecule has 0 aliphatic heterocycles. The number of halogens is 1. The van der Waals surface area contributed by atoms with Crippen molar-refractivity contribution in [2.75, 3.05) is 12.3 Å². The fourth-order valence-corrected chi connectivity index (χ4v) is 1.59. The summed E-state index contributed by atoms with van der Waals surface area (Å²) in [5.74, 6) is 0.399. The molecule has 0 spiro atoms. The van der Waals surface area contributed by atoms with E-state index >= 15 is 0 Å². The third-order valence-corrected chi connectivity index (χ3v) is 2.56. The van der Waals surface area contributed by atoms with Crippen LogP contribution < -0.4 is 10.5 Å². The molecule has 1 aromatic carbocycles. The highest BCUT2D eigenvalue weighted by molar-refractivity contribution is 6.31. The zero-order valence-electron chi connectivity index (χ0n) is 9.14. The monoisotopic (exact) mass is 249 g/mol. The Bertz CT molecular complexity index is 459. The number of hydrogen-bond acceptors (Lipinski definition) is 4. The molecule has 0 aliphatic carbocycles. The van der Waals surface area contributed by atoms with Gasteiger partial charge in [-0.1, -0.05) is 29.8 Å². The summed E-state index contributed by atoms with van der Waals surface area (Å²) in [6, 6.07) is 7.69. The predicted octanol–water partition coefficient (Wildman–Crippen LogP) is 2.33. The van der Waals surface area contributed by atoms with Gasteiger partial charge in [-0.05, 0) is 11.6 Å². The second-order valence-corrected chi connectivity index (χ2v) is 3.88. The largest absolute Gasteiger partial charge is 0.476 e. The molecule has 17 heavy (non-hydrogen) atoms. The third kappa shape index (κ3) is 3.07. The van der Waals surface area contributed by atoms with E-state index in [1.165, 1.54) is 12.5 Å². The quantitative estimate of drug-likeness (QED) is 0.845. The van der Waals surface area contributed by atoms with E-state index in [2.05, 4.69) is 9.97 Å². The Balaban J connectivity index is 1.93. The summed E-state index contributed by atoms with van der Waals surface area (Å²) in [7, 11) is 0. The molecule has 0 saturated heterocycles. The molecular formula is C12H12ClN3O. The van der Waals surface area contributed by atoms with Crippen LogP contribution in [0.25, 0.3) is 0 Å². The van der Waals surface area contributed by atoms with Gasteiger partial charge in [0.2, 0.25) is 5.88 Å². The average molecular weight is 250 g/mol. The normalized spacial score (nSPS) is 10.2. The molecule has 88 valence electrons. The maximum atomic E-state index is 5.86. The van der Waals surface area contributed by atoms with Crippen LogP contribution in [0.1, 0.15) is 5.56 Å². The summed E-state index contributed by atoms with van der Waals surface area (Å²) in [6.45, 7) is 0.477. The van der Waals surface area contributed by atoms with E-state index in [0.717, 1.165) is 11.3 Å². The van der Waals surface area contributed by atoms with Crippen LogP contribution in [0.4, 0.5) is 5.69 Å². The molecule has 0 aliphatic rings. The lowest BCUT2D eigenvalue weighted by atomic mass is 10.1. The van der Waals surface area contributed by atoms with Crippen LogP contribution in [0.5, 0.6) is 5.88 Å². The topological polar surface area (TPSA) is 61.0 Å². The first-order chi connectivity index (χ1) is 8.27. The molecule has 0 radical (unpaired) electrons. The second kappa shape index (κ2) is 5.50. The first-order valence-corrected chi connectivity index (χ1v) is 5.57. The maximum Gasteiger partial charge on any atom is 0.235 e. The van der Waals surface area contributed by atoms with Gasteiger partial charge in [0.05, 0.1) is 12.8 Å². The van der Waals surface area contributed by atoms with E-state index < -0.39 is 0 Å². The van der Waals surface area contributed by atoms with Gasteiger partial charge in [0.1, 0.15) is 11.3 Å². The SMILES string of the molecule is Nc1ccccc1CCOc1ncncc1Cl. The fourth-order valence-electron chi connectivity index (χ4n) is 1.43. The Hall–Kier alpha value is -1.81. The van der Waals surface area contributed by atoms with E-state index in [0.29, 0.717) is 23.9 Å². The number of hydrogen-bond donors (Lipinski definition) is 1. The van der Waals surface area contributed by atoms with Crippen molar-refractivity contribution in [1.29, 1.82) is 0 Å². The van der Waals surface area contributed by atoms with Gasteiger partial charge in [-0.15, -0.1) is 0 Å². The van der Waals surface area contributed by atoms with Crippen molar-refractivity contribution in [1.82, 2.24) is 9.97 Å². The summed E-state index contributed by atoms with van der Waals surface area (Å²) < 4.78 is 5.46. The molecule has 4 nitrogen and oxygen atoms in total. The van der Waals surface area contributed by atoms with Gasteiger partial charge in [0.25, 0.3) is 0 Å². The molecule has 0 amide bonds. The Kier molecular flexibility index (Phi) is 3.77. The number of nitrogens with zero attached hydrogens (tertiary/aromatic N) is 2. The van der Waals surface area contributed by atoms with Gasteiger partial charge in [-0.25, -0.2) is 9.97 Å². The van der Waals surface area contributed by atoms with Crippen molar-refractivity contribution < 1.29 is 4.74 Å². The van der Waals surface area contributed by atoms with E-state index in [1.54, 1.807) is 0 Å². The number of rotatable bonds is 4. The van der Waals surface area contributed by atoms with Crippen molar-refractivity contribution in [3.05, 3.63) is 47.4 Å². The zero-order valence-corrected chi connectivity index (χ0v) is 9.89. The minimum atomic E-state index is 0.399. The molecular weight excluding hydrogens is 238 g/mol. The van der Waals surface area contributed by atoms with Crippen LogP contribution in [-0.4, -0.2) is 16.6 Å². The molecule has 2 aromatic rings. The fraction of sp³-hybridized carbons (Fsp3) is 0.167. The van der Waals surface area contributed by atoms with Gasteiger partial charge in [-0.2, -0.15) is 0 Å². The van der Waals surface area contributed by atoms with Crippen LogP contribution in [0, 0.1) is 0 Å². The summed E-state index contributed by atoms with van der Waals surface area (Å²) in [4.78, 5) is 7.72. The molecule has 1 heterocycles. The number of aromatic nitrogens is 2. The van der Waals surface area contributed by atoms with Gasteiger partial charge in [0, 0.05) is 12.1 Å². The number of para-hydroxylation sites is 1. The molecule has 0 saturated carbocycles. The number of anilines is 1. The Morgan fingerprint density at radius 1 is 1.29 bits per heavy atom. The second-order valence-electron chi connectivity index (χ2n) is 3.47. The van der Waals surface area contributed by atoms with E-state index in [9.17, 15) is 0 Å². The molecule has 0 fully saturated rings. The minimum absolute atomic E-state index is 0.399. The molecule has 2 rings (SSSR count). The van der Waals surface area contributed by atoms with Crippen molar-refractivity contribution in [3.8, 4) is 5.88 Å². The van der Waals surface area contributed by atoms with E-state index in [4.69, 9.17) is 22.1 Å². The van der Waals surface area contributed by atoms with Gasteiger partial charge >= 0.3 is 0 Å². The number of nitrogens with two attached hydrogens (primary N) is 1. The standard InChI is InChI=1S/C12H12ClN3O/c13-10-7-15-8-16-12(10)17-6-5-9-3-1-2-4-11(9)14/h1-4,7-8H,5-6,14H2. The molecule has 0 bridgehead atoms. The van der Waals surface area contributed by atoms with Crippen molar-refractivity contribution in [2.45, 2.75) is 6.42 Å². The lowest BCUT2D eigenvalue weighted by Gasteiger charge is -2.07. The third-order valence-electron chi connectivity index (χ3n) is 2.30. The number of benzene rings is 1. The van der Waals surface area contributed by atoms with Crippen molar-refractivity contribution in [3.63, 3.8) is 0 Å². The number of nitrogen functional groups attached to an aromatic ring is 1. The predicted molar refractivity (Wildman–Crippen MR) is 67.1 cm³/mol. The van der Waals surface area contributed by atoms with Gasteiger partial charge in [0.15, 0.2) is 0 Å². The molecule has 5 heteroatoms. The first kappa shape index (κ1) is 11.7. The summed E-state index contributed by atoms with van der Waals surface area (Å²) in [5.41, 5.74) is 7.64. The van der Waals surface area contributed by atoms with E-state index in [-0.39, 0.29) is 0 Å². The highest BCUT2D eigenvalue weighted by atomic mass is 35.5. The molecule has 0 unspecified atom stereocenters. The Morgan fingerprint density at radius 3 is 2.88 bits per heavy atom. The first-order valence-electron chi connectivity index (χ1n) is 5.19. The van der Waals surface area contributed by atoms with E-state index in [1.807, 2.05) is 24.3 Å². The smallest absolute Gasteiger partial charge is 0.235 e. The summed E-state index contributed by atoms with van der Waals surface area (Å²) in [5, 5.41) is 0.411. The van der Waals surface area contributed by atoms with Crippen LogP contribution in [0.15, 0.2) is 36.8 Å². The average Bonchev–Trinajstić information content (AvgIpc) is 2.34. The Labute approximate surface area is 104 Å². The van der Waals surface area contributed by atoms with Crippen LogP contribution in [0.2, 0.25) is 5.02 Å². The van der Waals surface area contributed by atoms with Crippen molar-refractivity contribution in [2.24, 2.45) is 0 Å². The van der Waals surface area contributed by atoms with Crippen LogP contribution in [-0.2, 0) is 6.42 Å². The van der Waals surface area contributed by atoms with Gasteiger partial charge < -0.3 is 10.5 Å². The Morgan fingerprint density at radius 2 is 2.12 bits per heavy atom. The summed E-state index contributed by atoms with van der Waals surface area (Å²) >= 11 is 5.86. The van der Waals surface area contributed by atoms with Gasteiger partial charge in [-0.3, -0.25) is 0 Å². The highest BCUT2D eigenvalue weighted by Gasteiger charge is 2.03. The lowest BCUT2D eigenvalue weighted by molar-refractivity contribution is 0.309. The van der Waals surface area contributed by atoms with Crippen LogP contribution >= 0.6 is 11.6 Å².